The zero-order chi connectivity index (χ0) is 15.6. The monoisotopic (exact) mass is 292 g/mol. The van der Waals surface area contributed by atoms with Crippen LogP contribution in [0.4, 0.5) is 0 Å². The summed E-state index contributed by atoms with van der Waals surface area (Å²) >= 11 is 0. The summed E-state index contributed by atoms with van der Waals surface area (Å²) in [6.07, 6.45) is 8.32. The highest BCUT2D eigenvalue weighted by Gasteiger charge is 2.49. The van der Waals surface area contributed by atoms with Gasteiger partial charge < -0.3 is 10.2 Å². The highest BCUT2D eigenvalue weighted by molar-refractivity contribution is 5.99. The van der Waals surface area contributed by atoms with Crippen molar-refractivity contribution >= 4 is 5.78 Å². The van der Waals surface area contributed by atoms with Crippen molar-refractivity contribution < 1.29 is 15.0 Å². The lowest BCUT2D eigenvalue weighted by atomic mass is 9.89. The van der Waals surface area contributed by atoms with Crippen LogP contribution in [0, 0.1) is 17.8 Å². The van der Waals surface area contributed by atoms with Crippen molar-refractivity contribution in [1.29, 1.82) is 0 Å². The molecule has 0 saturated heterocycles. The number of aliphatic hydroxyl groups excluding tert-OH is 1. The SMILES string of the molecule is C=C1C[C@H]2[C@H](/C=C/C[C@](C)(O)CCCC)[C@H](O)C[C@@H]2C1=O. The number of fused-ring (bicyclic) bond motifs is 1. The summed E-state index contributed by atoms with van der Waals surface area (Å²) in [4.78, 5) is 12.0. The van der Waals surface area contributed by atoms with Gasteiger partial charge in [0.05, 0.1) is 11.7 Å². The molecule has 0 aromatic rings. The lowest BCUT2D eigenvalue weighted by Gasteiger charge is -2.22. The second-order valence-electron chi connectivity index (χ2n) is 7.06. The Bertz CT molecular complexity index is 436. The lowest BCUT2D eigenvalue weighted by Crippen LogP contribution is -2.23. The minimum Gasteiger partial charge on any atom is -0.392 e. The minimum absolute atomic E-state index is 0.0279. The molecule has 21 heavy (non-hydrogen) atoms. The van der Waals surface area contributed by atoms with Gasteiger partial charge >= 0.3 is 0 Å². The molecule has 5 atom stereocenters. The quantitative estimate of drug-likeness (QED) is 0.584. The minimum atomic E-state index is -0.676. The Hall–Kier alpha value is -0.930. The fourth-order valence-corrected chi connectivity index (χ4v) is 3.78. The van der Waals surface area contributed by atoms with Gasteiger partial charge in [0.2, 0.25) is 0 Å². The second-order valence-corrected chi connectivity index (χ2v) is 7.06. The lowest BCUT2D eigenvalue weighted by molar-refractivity contribution is -0.118. The molecule has 0 aliphatic heterocycles. The number of Topliss-reactive ketones (excluding diaryl/α,β-unsaturated/α-hetero) is 1. The number of aliphatic hydroxyl groups is 2. The number of carbonyl (C=O) groups is 1. The molecular formula is C18H28O3. The predicted molar refractivity (Wildman–Crippen MR) is 83.8 cm³/mol. The van der Waals surface area contributed by atoms with E-state index in [1.54, 1.807) is 0 Å². The van der Waals surface area contributed by atoms with E-state index in [-0.39, 0.29) is 23.5 Å². The molecule has 0 bridgehead atoms. The van der Waals surface area contributed by atoms with Crippen molar-refractivity contribution in [1.82, 2.24) is 0 Å². The van der Waals surface area contributed by atoms with Crippen LogP contribution in [-0.4, -0.2) is 27.7 Å². The van der Waals surface area contributed by atoms with Crippen molar-refractivity contribution in [3.63, 3.8) is 0 Å². The van der Waals surface area contributed by atoms with Gasteiger partial charge in [-0.05, 0) is 44.1 Å². The molecule has 2 saturated carbocycles. The highest BCUT2D eigenvalue weighted by Crippen LogP contribution is 2.48. The van der Waals surface area contributed by atoms with Gasteiger partial charge in [-0.3, -0.25) is 4.79 Å². The van der Waals surface area contributed by atoms with Crippen molar-refractivity contribution in [2.45, 2.75) is 64.1 Å². The van der Waals surface area contributed by atoms with Crippen LogP contribution in [0.3, 0.4) is 0 Å². The van der Waals surface area contributed by atoms with Crippen molar-refractivity contribution in [3.05, 3.63) is 24.3 Å². The number of ketones is 1. The molecule has 3 heteroatoms. The van der Waals surface area contributed by atoms with Crippen LogP contribution in [-0.2, 0) is 4.79 Å². The van der Waals surface area contributed by atoms with E-state index in [1.807, 2.05) is 19.1 Å². The van der Waals surface area contributed by atoms with Gasteiger partial charge in [-0.15, -0.1) is 0 Å². The van der Waals surface area contributed by atoms with Crippen LogP contribution in [0.2, 0.25) is 0 Å². The first-order valence-corrected chi connectivity index (χ1v) is 8.15. The Kier molecular flexibility index (Phi) is 5.05. The smallest absolute Gasteiger partial charge is 0.161 e. The summed E-state index contributed by atoms with van der Waals surface area (Å²) in [5, 5.41) is 20.4. The molecule has 0 spiro atoms. The standard InChI is InChI=1S/C18H28O3/c1-4-5-8-18(3,21)9-6-7-13-14-10-12(2)17(20)15(14)11-16(13)19/h6-7,13-16,19,21H,2,4-5,8-11H2,1,3H3/b7-6+/t13-,14-,15-,16+,18+/m0/s1. The Morgan fingerprint density at radius 2 is 2.19 bits per heavy atom. The molecule has 0 heterocycles. The van der Waals surface area contributed by atoms with Gasteiger partial charge in [0.1, 0.15) is 0 Å². The molecule has 2 rings (SSSR count). The van der Waals surface area contributed by atoms with Crippen molar-refractivity contribution in [3.8, 4) is 0 Å². The zero-order valence-electron chi connectivity index (χ0n) is 13.2. The summed E-state index contributed by atoms with van der Waals surface area (Å²) in [6, 6.07) is 0. The Balaban J connectivity index is 1.94. The van der Waals surface area contributed by atoms with Crippen LogP contribution in [0.1, 0.15) is 52.4 Å². The third kappa shape index (κ3) is 3.64. The van der Waals surface area contributed by atoms with Gasteiger partial charge in [-0.1, -0.05) is 38.5 Å². The first kappa shape index (κ1) is 16.4. The second kappa shape index (κ2) is 6.45. The van der Waals surface area contributed by atoms with E-state index in [2.05, 4.69) is 13.5 Å². The Morgan fingerprint density at radius 3 is 2.86 bits per heavy atom. The molecule has 0 aromatic carbocycles. The van der Waals surface area contributed by atoms with E-state index >= 15 is 0 Å². The van der Waals surface area contributed by atoms with E-state index < -0.39 is 11.7 Å². The molecule has 2 fully saturated rings. The van der Waals surface area contributed by atoms with Gasteiger partial charge in [0.15, 0.2) is 5.78 Å². The number of rotatable bonds is 6. The summed E-state index contributed by atoms with van der Waals surface area (Å²) in [6.45, 7) is 7.81. The molecule has 2 N–H and O–H groups in total. The molecule has 2 aliphatic rings. The van der Waals surface area contributed by atoms with E-state index in [0.29, 0.717) is 24.8 Å². The number of hydrogen-bond acceptors (Lipinski definition) is 3. The van der Waals surface area contributed by atoms with Crippen LogP contribution >= 0.6 is 0 Å². The maximum absolute atomic E-state index is 12.0. The van der Waals surface area contributed by atoms with Crippen LogP contribution in [0.5, 0.6) is 0 Å². The first-order valence-electron chi connectivity index (χ1n) is 8.15. The Morgan fingerprint density at radius 1 is 1.48 bits per heavy atom. The molecule has 0 aromatic heterocycles. The number of carbonyl (C=O) groups excluding carboxylic acids is 1. The molecule has 118 valence electrons. The van der Waals surface area contributed by atoms with Crippen molar-refractivity contribution in [2.24, 2.45) is 17.8 Å². The van der Waals surface area contributed by atoms with Crippen LogP contribution in [0.25, 0.3) is 0 Å². The normalized spacial score (nSPS) is 35.4. The third-order valence-corrected chi connectivity index (χ3v) is 5.10. The molecule has 0 radical (unpaired) electrons. The summed E-state index contributed by atoms with van der Waals surface area (Å²) in [5.74, 6) is 0.338. The van der Waals surface area contributed by atoms with Gasteiger partial charge in [-0.25, -0.2) is 0 Å². The van der Waals surface area contributed by atoms with Gasteiger partial charge in [-0.2, -0.15) is 0 Å². The summed E-state index contributed by atoms with van der Waals surface area (Å²) in [7, 11) is 0. The fraction of sp³-hybridized carbons (Fsp3) is 0.722. The average Bonchev–Trinajstić information content (AvgIpc) is 2.86. The number of allylic oxidation sites excluding steroid dienone is 1. The van der Waals surface area contributed by atoms with E-state index in [9.17, 15) is 15.0 Å². The molecule has 2 aliphatic carbocycles. The van der Waals surface area contributed by atoms with E-state index in [0.717, 1.165) is 19.3 Å². The third-order valence-electron chi connectivity index (χ3n) is 5.10. The largest absolute Gasteiger partial charge is 0.392 e. The van der Waals surface area contributed by atoms with E-state index in [4.69, 9.17) is 0 Å². The summed E-state index contributed by atoms with van der Waals surface area (Å²) < 4.78 is 0. The van der Waals surface area contributed by atoms with Crippen LogP contribution < -0.4 is 0 Å². The van der Waals surface area contributed by atoms with Crippen LogP contribution in [0.15, 0.2) is 24.3 Å². The molecule has 3 nitrogen and oxygen atoms in total. The predicted octanol–water partition coefficient (Wildman–Crippen LogP) is 3.02. The van der Waals surface area contributed by atoms with Gasteiger partial charge in [0, 0.05) is 11.8 Å². The molecule has 0 unspecified atom stereocenters. The average molecular weight is 292 g/mol. The number of unbranched alkanes of at least 4 members (excludes halogenated alkanes) is 1. The maximum atomic E-state index is 12.0. The highest BCUT2D eigenvalue weighted by atomic mass is 16.3. The molecular weight excluding hydrogens is 264 g/mol. The molecule has 0 amide bonds. The number of hydrogen-bond donors (Lipinski definition) is 2. The fourth-order valence-electron chi connectivity index (χ4n) is 3.78. The van der Waals surface area contributed by atoms with Gasteiger partial charge in [0.25, 0.3) is 0 Å². The summed E-state index contributed by atoms with van der Waals surface area (Å²) in [5.41, 5.74) is 0.0372. The maximum Gasteiger partial charge on any atom is 0.161 e. The topological polar surface area (TPSA) is 57.5 Å². The first-order chi connectivity index (χ1) is 9.85. The van der Waals surface area contributed by atoms with Crippen molar-refractivity contribution in [2.75, 3.05) is 0 Å². The zero-order valence-corrected chi connectivity index (χ0v) is 13.2. The van der Waals surface area contributed by atoms with E-state index in [1.165, 1.54) is 0 Å². The Labute approximate surface area is 127 Å².